The lowest BCUT2D eigenvalue weighted by atomic mass is 10.0. The van der Waals surface area contributed by atoms with E-state index in [1.54, 1.807) is 7.11 Å². The van der Waals surface area contributed by atoms with Gasteiger partial charge in [-0.05, 0) is 56.4 Å². The Morgan fingerprint density at radius 1 is 1.07 bits per heavy atom. The van der Waals surface area contributed by atoms with Crippen LogP contribution in [0.25, 0.3) is 0 Å². The Hall–Kier alpha value is -2.82. The number of ether oxygens (including phenoxy) is 1. The second kappa shape index (κ2) is 9.12. The number of carbonyl (C=O) groups excluding carboxylic acids is 2. The zero-order valence-electron chi connectivity index (χ0n) is 17.5. The molecule has 2 aromatic rings. The van der Waals surface area contributed by atoms with Crippen LogP contribution in [0.3, 0.4) is 0 Å². The van der Waals surface area contributed by atoms with Crippen LogP contribution >= 0.6 is 0 Å². The summed E-state index contributed by atoms with van der Waals surface area (Å²) in [6, 6.07) is 17.8. The molecular formula is C24H30N2O3. The van der Waals surface area contributed by atoms with Crippen LogP contribution in [0.1, 0.15) is 37.8 Å². The van der Waals surface area contributed by atoms with E-state index in [9.17, 15) is 9.59 Å². The van der Waals surface area contributed by atoms with Gasteiger partial charge in [0.1, 0.15) is 11.2 Å². The fourth-order valence-corrected chi connectivity index (χ4v) is 3.52. The fourth-order valence-electron chi connectivity index (χ4n) is 3.52. The normalized spacial score (nSPS) is 14.3. The zero-order valence-corrected chi connectivity index (χ0v) is 17.5. The van der Waals surface area contributed by atoms with Crippen molar-refractivity contribution in [1.82, 2.24) is 10.2 Å². The molecule has 0 atom stereocenters. The monoisotopic (exact) mass is 394 g/mol. The summed E-state index contributed by atoms with van der Waals surface area (Å²) in [4.78, 5) is 28.0. The molecule has 1 fully saturated rings. The molecule has 154 valence electrons. The lowest BCUT2D eigenvalue weighted by molar-refractivity contribution is -0.146. The topological polar surface area (TPSA) is 58.6 Å². The van der Waals surface area contributed by atoms with Crippen LogP contribution in [0.5, 0.6) is 5.75 Å². The molecule has 3 rings (SSSR count). The summed E-state index contributed by atoms with van der Waals surface area (Å²) in [6.45, 7) is 5.02. The third-order valence-corrected chi connectivity index (χ3v) is 5.51. The molecule has 0 radical (unpaired) electrons. The van der Waals surface area contributed by atoms with Gasteiger partial charge in [-0.2, -0.15) is 0 Å². The van der Waals surface area contributed by atoms with Gasteiger partial charge in [0.05, 0.1) is 7.11 Å². The van der Waals surface area contributed by atoms with Gasteiger partial charge in [0, 0.05) is 19.1 Å². The molecule has 0 unspecified atom stereocenters. The molecule has 1 aliphatic rings. The Labute approximate surface area is 173 Å². The minimum Gasteiger partial charge on any atom is -0.497 e. The highest BCUT2D eigenvalue weighted by Crippen LogP contribution is 2.48. The first-order chi connectivity index (χ1) is 14.0. The Bertz CT molecular complexity index is 844. The molecule has 0 aliphatic heterocycles. The van der Waals surface area contributed by atoms with Crippen LogP contribution in [0.2, 0.25) is 0 Å². The molecule has 1 aliphatic carbocycles. The van der Waals surface area contributed by atoms with Gasteiger partial charge in [-0.15, -0.1) is 0 Å². The smallest absolute Gasteiger partial charge is 0.238 e. The van der Waals surface area contributed by atoms with Crippen LogP contribution in [-0.4, -0.2) is 36.4 Å². The number of hydrogen-bond acceptors (Lipinski definition) is 3. The summed E-state index contributed by atoms with van der Waals surface area (Å²) >= 11 is 0. The van der Waals surface area contributed by atoms with Crippen molar-refractivity contribution in [3.8, 4) is 5.75 Å². The second-order valence-corrected chi connectivity index (χ2v) is 7.95. The SMILES string of the molecule is COc1cccc(CCNC(=O)C2(C(=O)N(Cc3ccccc3)C(C)C)CC2)c1. The van der Waals surface area contributed by atoms with Crippen molar-refractivity contribution < 1.29 is 14.3 Å². The fraction of sp³-hybridized carbons (Fsp3) is 0.417. The average molecular weight is 395 g/mol. The molecule has 1 saturated carbocycles. The number of nitrogens with zero attached hydrogens (tertiary/aromatic N) is 1. The zero-order chi connectivity index (χ0) is 20.9. The molecule has 0 heterocycles. The predicted molar refractivity (Wildman–Crippen MR) is 114 cm³/mol. The first-order valence-electron chi connectivity index (χ1n) is 10.2. The molecule has 2 amide bonds. The Balaban J connectivity index is 1.60. The number of methoxy groups -OCH3 is 1. The number of nitrogens with one attached hydrogen (secondary N) is 1. The molecule has 0 bridgehead atoms. The van der Waals surface area contributed by atoms with E-state index in [0.29, 0.717) is 32.4 Å². The quantitative estimate of drug-likeness (QED) is 0.662. The van der Waals surface area contributed by atoms with E-state index in [4.69, 9.17) is 4.74 Å². The van der Waals surface area contributed by atoms with Crippen molar-refractivity contribution in [1.29, 1.82) is 0 Å². The highest BCUT2D eigenvalue weighted by Gasteiger charge is 2.58. The van der Waals surface area contributed by atoms with Gasteiger partial charge in [0.25, 0.3) is 0 Å². The molecule has 0 aromatic heterocycles. The van der Waals surface area contributed by atoms with Gasteiger partial charge in [-0.3, -0.25) is 9.59 Å². The second-order valence-electron chi connectivity index (χ2n) is 7.95. The molecular weight excluding hydrogens is 364 g/mol. The van der Waals surface area contributed by atoms with Gasteiger partial charge in [0.15, 0.2) is 0 Å². The lowest BCUT2D eigenvalue weighted by Gasteiger charge is -2.30. The van der Waals surface area contributed by atoms with E-state index in [1.165, 1.54) is 0 Å². The van der Waals surface area contributed by atoms with Gasteiger partial charge in [0.2, 0.25) is 11.8 Å². The highest BCUT2D eigenvalue weighted by atomic mass is 16.5. The summed E-state index contributed by atoms with van der Waals surface area (Å²) in [5.74, 6) is 0.593. The summed E-state index contributed by atoms with van der Waals surface area (Å²) in [5.41, 5.74) is 1.27. The summed E-state index contributed by atoms with van der Waals surface area (Å²) in [5, 5.41) is 2.98. The van der Waals surface area contributed by atoms with Gasteiger partial charge in [-0.1, -0.05) is 42.5 Å². The van der Waals surface area contributed by atoms with Crippen LogP contribution < -0.4 is 10.1 Å². The number of benzene rings is 2. The van der Waals surface area contributed by atoms with E-state index < -0.39 is 5.41 Å². The standard InChI is InChI=1S/C24H30N2O3/c1-18(2)26(17-20-8-5-4-6-9-20)23(28)24(13-14-24)22(27)25-15-12-19-10-7-11-21(16-19)29-3/h4-11,16,18H,12-15,17H2,1-3H3,(H,25,27). The maximum Gasteiger partial charge on any atom is 0.238 e. The third-order valence-electron chi connectivity index (χ3n) is 5.51. The van der Waals surface area contributed by atoms with Crippen molar-refractivity contribution in [2.75, 3.05) is 13.7 Å². The highest BCUT2D eigenvalue weighted by molar-refractivity contribution is 6.07. The molecule has 29 heavy (non-hydrogen) atoms. The molecule has 5 heteroatoms. The van der Waals surface area contributed by atoms with Gasteiger partial charge in [-0.25, -0.2) is 0 Å². The molecule has 0 spiro atoms. The maximum atomic E-state index is 13.3. The van der Waals surface area contributed by atoms with E-state index in [2.05, 4.69) is 5.32 Å². The Kier molecular flexibility index (Phi) is 6.57. The first kappa shape index (κ1) is 20.9. The number of amides is 2. The van der Waals surface area contributed by atoms with Gasteiger partial charge >= 0.3 is 0 Å². The first-order valence-corrected chi connectivity index (χ1v) is 10.2. The molecule has 2 aromatic carbocycles. The Morgan fingerprint density at radius 3 is 2.38 bits per heavy atom. The van der Waals surface area contributed by atoms with E-state index in [1.807, 2.05) is 73.3 Å². The third kappa shape index (κ3) is 4.97. The molecule has 0 saturated heterocycles. The van der Waals surface area contributed by atoms with E-state index >= 15 is 0 Å². The van der Waals surface area contributed by atoms with Crippen molar-refractivity contribution in [3.63, 3.8) is 0 Å². The lowest BCUT2D eigenvalue weighted by Crippen LogP contribution is -2.47. The predicted octanol–water partition coefficient (Wildman–Crippen LogP) is 3.57. The number of carbonyl (C=O) groups is 2. The maximum absolute atomic E-state index is 13.3. The van der Waals surface area contributed by atoms with Crippen LogP contribution in [0.4, 0.5) is 0 Å². The summed E-state index contributed by atoms with van der Waals surface area (Å²) in [7, 11) is 1.64. The molecule has 5 nitrogen and oxygen atoms in total. The van der Waals surface area contributed by atoms with Crippen molar-refractivity contribution in [2.45, 2.75) is 45.7 Å². The minimum absolute atomic E-state index is 0.0322. The Morgan fingerprint density at radius 2 is 1.76 bits per heavy atom. The molecule has 1 N–H and O–H groups in total. The van der Waals surface area contributed by atoms with Crippen LogP contribution in [0, 0.1) is 5.41 Å². The van der Waals surface area contributed by atoms with E-state index in [0.717, 1.165) is 16.9 Å². The van der Waals surface area contributed by atoms with Gasteiger partial charge < -0.3 is 15.0 Å². The number of hydrogen-bond donors (Lipinski definition) is 1. The van der Waals surface area contributed by atoms with E-state index in [-0.39, 0.29) is 17.9 Å². The summed E-state index contributed by atoms with van der Waals surface area (Å²) in [6.07, 6.45) is 1.94. The minimum atomic E-state index is -0.895. The average Bonchev–Trinajstić information content (AvgIpc) is 3.54. The largest absolute Gasteiger partial charge is 0.497 e. The van der Waals surface area contributed by atoms with Crippen molar-refractivity contribution in [3.05, 3.63) is 65.7 Å². The summed E-state index contributed by atoms with van der Waals surface area (Å²) < 4.78 is 5.24. The van der Waals surface area contributed by atoms with Crippen molar-refractivity contribution >= 4 is 11.8 Å². The van der Waals surface area contributed by atoms with Crippen LogP contribution in [-0.2, 0) is 22.6 Å². The number of rotatable bonds is 9. The van der Waals surface area contributed by atoms with Crippen LogP contribution in [0.15, 0.2) is 54.6 Å². The van der Waals surface area contributed by atoms with Crippen molar-refractivity contribution in [2.24, 2.45) is 5.41 Å².